The second-order valence-corrected chi connectivity index (χ2v) is 6.82. The topological polar surface area (TPSA) is 95.7 Å². The Hall–Kier alpha value is -3.16. The van der Waals surface area contributed by atoms with Gasteiger partial charge in [0.1, 0.15) is 6.04 Å². The molecule has 0 saturated heterocycles. The summed E-state index contributed by atoms with van der Waals surface area (Å²) in [5, 5.41) is 13.1. The molecule has 2 aliphatic rings. The van der Waals surface area contributed by atoms with Gasteiger partial charge in [-0.15, -0.1) is 0 Å². The monoisotopic (exact) mass is 368 g/mol. The van der Waals surface area contributed by atoms with Crippen LogP contribution in [-0.4, -0.2) is 55.1 Å². The number of rotatable bonds is 4. The molecular formula is C19H20N4O4. The molecule has 1 atom stereocenters. The van der Waals surface area contributed by atoms with E-state index in [1.54, 1.807) is 20.5 Å². The summed E-state index contributed by atoms with van der Waals surface area (Å²) in [6.07, 6.45) is 0.523. The fourth-order valence-electron chi connectivity index (χ4n) is 3.83. The molecule has 8 nitrogen and oxygen atoms in total. The molecule has 2 aromatic rings. The molecule has 1 aromatic carbocycles. The zero-order chi connectivity index (χ0) is 19.1. The van der Waals surface area contributed by atoms with E-state index in [4.69, 9.17) is 5.11 Å². The largest absolute Gasteiger partial charge is 0.476 e. The Morgan fingerprint density at radius 1 is 1.22 bits per heavy atom. The van der Waals surface area contributed by atoms with Crippen LogP contribution in [0.2, 0.25) is 0 Å². The van der Waals surface area contributed by atoms with Crippen molar-refractivity contribution in [2.24, 2.45) is 0 Å². The van der Waals surface area contributed by atoms with Crippen molar-refractivity contribution in [3.8, 4) is 0 Å². The zero-order valence-corrected chi connectivity index (χ0v) is 15.0. The summed E-state index contributed by atoms with van der Waals surface area (Å²) < 4.78 is 1.63. The number of benzene rings is 1. The average Bonchev–Trinajstić information content (AvgIpc) is 3.24. The molecule has 3 heterocycles. The first-order valence-electron chi connectivity index (χ1n) is 8.97. The molecule has 4 rings (SSSR count). The van der Waals surface area contributed by atoms with Gasteiger partial charge < -0.3 is 14.9 Å². The number of hydrogen-bond donors (Lipinski definition) is 1. The number of hydrogen-bond acceptors (Lipinski definition) is 4. The second kappa shape index (κ2) is 6.53. The summed E-state index contributed by atoms with van der Waals surface area (Å²) >= 11 is 0. The molecule has 1 N–H and O–H groups in total. The lowest BCUT2D eigenvalue weighted by Crippen LogP contribution is -2.50. The lowest BCUT2D eigenvalue weighted by Gasteiger charge is -2.34. The molecule has 0 saturated carbocycles. The molecule has 0 fully saturated rings. The number of carbonyl (C=O) groups is 3. The summed E-state index contributed by atoms with van der Waals surface area (Å²) in [4.78, 5) is 40.3. The Morgan fingerprint density at radius 2 is 2.00 bits per heavy atom. The van der Waals surface area contributed by atoms with Crippen LogP contribution in [-0.2, 0) is 24.4 Å². The minimum atomic E-state index is -1.08. The van der Waals surface area contributed by atoms with Crippen LogP contribution in [0, 0.1) is 0 Å². The Balaban J connectivity index is 1.53. The first-order chi connectivity index (χ1) is 13.0. The van der Waals surface area contributed by atoms with Gasteiger partial charge in [-0.3, -0.25) is 14.3 Å². The summed E-state index contributed by atoms with van der Waals surface area (Å²) in [5.74, 6) is -1.30. The highest BCUT2D eigenvalue weighted by molar-refractivity contribution is 6.01. The molecule has 8 heteroatoms. The average molecular weight is 368 g/mol. The van der Waals surface area contributed by atoms with Crippen molar-refractivity contribution < 1.29 is 19.5 Å². The van der Waals surface area contributed by atoms with Crippen molar-refractivity contribution in [2.45, 2.75) is 39.0 Å². The molecule has 2 amide bonds. The number of fused-ring (bicyclic) bond motifs is 2. The highest BCUT2D eigenvalue weighted by atomic mass is 16.4. The normalized spacial score (nSPS) is 16.9. The number of nitrogens with zero attached hydrogens (tertiary/aromatic N) is 4. The lowest BCUT2D eigenvalue weighted by molar-refractivity contribution is -0.138. The second-order valence-electron chi connectivity index (χ2n) is 6.82. The number of carboxylic acids is 1. The van der Waals surface area contributed by atoms with Crippen molar-refractivity contribution in [2.75, 3.05) is 6.54 Å². The molecule has 140 valence electrons. The minimum absolute atomic E-state index is 0.0171. The number of aromatic nitrogens is 2. The van der Waals surface area contributed by atoms with Gasteiger partial charge in [-0.2, -0.15) is 5.10 Å². The third-order valence-electron chi connectivity index (χ3n) is 5.23. The molecule has 0 aliphatic carbocycles. The van der Waals surface area contributed by atoms with Crippen LogP contribution < -0.4 is 0 Å². The van der Waals surface area contributed by atoms with Crippen LogP contribution in [0.1, 0.15) is 45.4 Å². The van der Waals surface area contributed by atoms with Gasteiger partial charge in [0, 0.05) is 18.7 Å². The number of amides is 2. The minimum Gasteiger partial charge on any atom is -0.476 e. The smallest absolute Gasteiger partial charge is 0.356 e. The van der Waals surface area contributed by atoms with E-state index in [0.29, 0.717) is 43.9 Å². The van der Waals surface area contributed by atoms with E-state index in [-0.39, 0.29) is 17.5 Å². The van der Waals surface area contributed by atoms with E-state index in [2.05, 4.69) is 5.10 Å². The summed E-state index contributed by atoms with van der Waals surface area (Å²) in [5.41, 5.74) is 2.28. The fraction of sp³-hybridized carbons (Fsp3) is 0.368. The summed E-state index contributed by atoms with van der Waals surface area (Å²) in [6, 6.07) is 8.40. The van der Waals surface area contributed by atoms with Crippen LogP contribution in [0.5, 0.6) is 0 Å². The van der Waals surface area contributed by atoms with Crippen molar-refractivity contribution in [1.82, 2.24) is 19.6 Å². The van der Waals surface area contributed by atoms with Gasteiger partial charge in [-0.25, -0.2) is 4.79 Å². The molecule has 2 aliphatic heterocycles. The van der Waals surface area contributed by atoms with E-state index in [1.807, 2.05) is 25.1 Å². The van der Waals surface area contributed by atoms with Crippen LogP contribution >= 0.6 is 0 Å². The first kappa shape index (κ1) is 17.3. The first-order valence-corrected chi connectivity index (χ1v) is 8.97. The highest BCUT2D eigenvalue weighted by Crippen LogP contribution is 2.27. The number of carboxylic acid groups (broad SMARTS) is 1. The molecule has 0 spiro atoms. The predicted molar refractivity (Wildman–Crippen MR) is 95.0 cm³/mol. The molecule has 27 heavy (non-hydrogen) atoms. The fourth-order valence-corrected chi connectivity index (χ4v) is 3.83. The van der Waals surface area contributed by atoms with E-state index < -0.39 is 12.0 Å². The summed E-state index contributed by atoms with van der Waals surface area (Å²) in [6.45, 7) is 3.52. The quantitative estimate of drug-likeness (QED) is 0.879. The molecule has 1 aromatic heterocycles. The van der Waals surface area contributed by atoms with Crippen molar-refractivity contribution >= 4 is 17.8 Å². The standard InChI is InChI=1S/C19H20N4O4/c1-2-16(22-10-12-5-3-4-6-14(12)17(22)24)18(25)21-7-8-23-13(11-21)9-15(20-23)19(26)27/h3-6,9,16H,2,7-8,10-11H2,1H3,(H,26,27). The SMILES string of the molecule is CCC(C(=O)N1CCn2nc(C(=O)O)cc2C1)N1Cc2ccccc2C1=O. The maximum absolute atomic E-state index is 13.1. The number of aromatic carboxylic acids is 1. The zero-order valence-electron chi connectivity index (χ0n) is 15.0. The van der Waals surface area contributed by atoms with E-state index in [1.165, 1.54) is 6.07 Å². The summed E-state index contributed by atoms with van der Waals surface area (Å²) in [7, 11) is 0. The Labute approximate surface area is 156 Å². The van der Waals surface area contributed by atoms with Crippen molar-refractivity contribution in [3.63, 3.8) is 0 Å². The van der Waals surface area contributed by atoms with Crippen LogP contribution in [0.15, 0.2) is 30.3 Å². The van der Waals surface area contributed by atoms with Gasteiger partial charge in [0.05, 0.1) is 18.8 Å². The van der Waals surface area contributed by atoms with E-state index in [0.717, 1.165) is 5.56 Å². The molecule has 1 unspecified atom stereocenters. The van der Waals surface area contributed by atoms with Gasteiger partial charge >= 0.3 is 5.97 Å². The predicted octanol–water partition coefficient (Wildman–Crippen LogP) is 1.36. The highest BCUT2D eigenvalue weighted by Gasteiger charge is 2.38. The molecule has 0 bridgehead atoms. The van der Waals surface area contributed by atoms with Gasteiger partial charge in [-0.05, 0) is 24.1 Å². The Kier molecular flexibility index (Phi) is 4.18. The maximum atomic E-state index is 13.1. The molecule has 0 radical (unpaired) electrons. The van der Waals surface area contributed by atoms with Crippen molar-refractivity contribution in [3.05, 3.63) is 52.8 Å². The van der Waals surface area contributed by atoms with Gasteiger partial charge in [0.25, 0.3) is 5.91 Å². The van der Waals surface area contributed by atoms with E-state index >= 15 is 0 Å². The third-order valence-corrected chi connectivity index (χ3v) is 5.23. The van der Waals surface area contributed by atoms with Crippen LogP contribution in [0.4, 0.5) is 0 Å². The van der Waals surface area contributed by atoms with Gasteiger partial charge in [-0.1, -0.05) is 25.1 Å². The van der Waals surface area contributed by atoms with Crippen LogP contribution in [0.3, 0.4) is 0 Å². The number of carbonyl (C=O) groups excluding carboxylic acids is 2. The lowest BCUT2D eigenvalue weighted by atomic mass is 10.1. The Bertz CT molecular complexity index is 936. The van der Waals surface area contributed by atoms with Gasteiger partial charge in [0.15, 0.2) is 5.69 Å². The molecular weight excluding hydrogens is 348 g/mol. The third kappa shape index (κ3) is 2.87. The van der Waals surface area contributed by atoms with E-state index in [9.17, 15) is 14.4 Å². The Morgan fingerprint density at radius 3 is 2.70 bits per heavy atom. The maximum Gasteiger partial charge on any atom is 0.356 e. The van der Waals surface area contributed by atoms with Gasteiger partial charge in [0.2, 0.25) is 5.91 Å². The van der Waals surface area contributed by atoms with Crippen LogP contribution in [0.25, 0.3) is 0 Å². The van der Waals surface area contributed by atoms with Crippen molar-refractivity contribution in [1.29, 1.82) is 0 Å².